The molecule has 0 spiro atoms. The topological polar surface area (TPSA) is 59.6 Å². The summed E-state index contributed by atoms with van der Waals surface area (Å²) in [7, 11) is 0. The Balaban J connectivity index is 1.62. The van der Waals surface area contributed by atoms with E-state index in [1.807, 2.05) is 30.3 Å². The van der Waals surface area contributed by atoms with Crippen LogP contribution < -0.4 is 10.8 Å². The van der Waals surface area contributed by atoms with Crippen LogP contribution in [0.5, 0.6) is 0 Å². The van der Waals surface area contributed by atoms with Gasteiger partial charge in [0.2, 0.25) is 0 Å². The maximum atomic E-state index is 12.0. The van der Waals surface area contributed by atoms with E-state index in [-0.39, 0.29) is 18.1 Å². The van der Waals surface area contributed by atoms with Gasteiger partial charge in [-0.2, -0.15) is 5.48 Å². The molecule has 1 aliphatic heterocycles. The summed E-state index contributed by atoms with van der Waals surface area (Å²) in [6.45, 7) is 3.92. The average Bonchev–Trinajstić information content (AvgIpc) is 2.58. The van der Waals surface area contributed by atoms with Gasteiger partial charge in [-0.1, -0.05) is 43.7 Å². The molecular formula is C17H26N2O3. The molecule has 5 nitrogen and oxygen atoms in total. The molecule has 1 aromatic carbocycles. The van der Waals surface area contributed by atoms with Crippen LogP contribution in [0.25, 0.3) is 0 Å². The first-order chi connectivity index (χ1) is 10.8. The smallest absolute Gasteiger partial charge is 0.323 e. The molecule has 0 radical (unpaired) electrons. The minimum Gasteiger partial charge on any atom is -0.460 e. The minimum absolute atomic E-state index is 0.172. The molecule has 2 N–H and O–H groups in total. The molecule has 2 atom stereocenters. The van der Waals surface area contributed by atoms with Crippen molar-refractivity contribution in [2.75, 3.05) is 13.2 Å². The van der Waals surface area contributed by atoms with Crippen LogP contribution in [-0.4, -0.2) is 31.2 Å². The predicted octanol–water partition coefficient (Wildman–Crippen LogP) is 2.17. The van der Waals surface area contributed by atoms with Gasteiger partial charge in [-0.25, -0.2) is 0 Å². The highest BCUT2D eigenvalue weighted by Gasteiger charge is 2.26. The molecule has 0 aliphatic carbocycles. The molecule has 0 aromatic heterocycles. The van der Waals surface area contributed by atoms with Crippen LogP contribution >= 0.6 is 0 Å². The number of hydrogen-bond donors (Lipinski definition) is 2. The molecule has 0 amide bonds. The van der Waals surface area contributed by atoms with Crippen molar-refractivity contribution in [3.8, 4) is 0 Å². The van der Waals surface area contributed by atoms with E-state index in [0.717, 1.165) is 44.4 Å². The summed E-state index contributed by atoms with van der Waals surface area (Å²) in [6.07, 6.45) is 3.86. The van der Waals surface area contributed by atoms with E-state index in [9.17, 15) is 4.79 Å². The van der Waals surface area contributed by atoms with Crippen molar-refractivity contribution in [2.24, 2.45) is 0 Å². The fourth-order valence-corrected chi connectivity index (χ4v) is 2.38. The van der Waals surface area contributed by atoms with Crippen molar-refractivity contribution >= 4 is 5.97 Å². The van der Waals surface area contributed by atoms with Crippen molar-refractivity contribution in [3.63, 3.8) is 0 Å². The highest BCUT2D eigenvalue weighted by Crippen LogP contribution is 2.11. The second-order valence-corrected chi connectivity index (χ2v) is 5.65. The standard InChI is InChI=1S/C17H26N2O3/c1-2-3-11-22-19-15-9-10-16(18-12-15)17(20)21-13-14-7-5-4-6-8-14/h4-8,15-16,18-19H,2-3,9-13H2,1H3/t15?,16-/m0/s1. The summed E-state index contributed by atoms with van der Waals surface area (Å²) in [5.74, 6) is -0.172. The number of esters is 1. The molecule has 0 bridgehead atoms. The number of hydrogen-bond acceptors (Lipinski definition) is 5. The second-order valence-electron chi connectivity index (χ2n) is 5.65. The minimum atomic E-state index is -0.211. The Labute approximate surface area is 132 Å². The number of nitrogens with one attached hydrogen (secondary N) is 2. The maximum absolute atomic E-state index is 12.0. The molecule has 0 saturated carbocycles. The van der Waals surface area contributed by atoms with Crippen molar-refractivity contribution in [1.82, 2.24) is 10.8 Å². The Morgan fingerprint density at radius 3 is 2.82 bits per heavy atom. The highest BCUT2D eigenvalue weighted by molar-refractivity contribution is 5.75. The molecule has 22 heavy (non-hydrogen) atoms. The molecule has 1 heterocycles. The Morgan fingerprint density at radius 1 is 1.32 bits per heavy atom. The van der Waals surface area contributed by atoms with E-state index in [2.05, 4.69) is 17.7 Å². The SMILES string of the molecule is CCCCONC1CC[C@@H](C(=O)OCc2ccccc2)NC1. The maximum Gasteiger partial charge on any atom is 0.323 e. The van der Waals surface area contributed by atoms with Crippen molar-refractivity contribution in [1.29, 1.82) is 0 Å². The monoisotopic (exact) mass is 306 g/mol. The van der Waals surface area contributed by atoms with Crippen LogP contribution in [0.15, 0.2) is 30.3 Å². The molecule has 1 unspecified atom stereocenters. The van der Waals surface area contributed by atoms with Gasteiger partial charge in [0.15, 0.2) is 0 Å². The summed E-state index contributed by atoms with van der Waals surface area (Å²) in [5, 5.41) is 3.23. The summed E-state index contributed by atoms with van der Waals surface area (Å²) in [5.41, 5.74) is 4.07. The zero-order chi connectivity index (χ0) is 15.6. The zero-order valence-electron chi connectivity index (χ0n) is 13.2. The van der Waals surface area contributed by atoms with Gasteiger partial charge >= 0.3 is 5.97 Å². The highest BCUT2D eigenvalue weighted by atomic mass is 16.6. The molecule has 122 valence electrons. The van der Waals surface area contributed by atoms with E-state index in [0.29, 0.717) is 6.61 Å². The number of unbranched alkanes of at least 4 members (excludes halogenated alkanes) is 1. The first-order valence-electron chi connectivity index (χ1n) is 8.11. The fraction of sp³-hybridized carbons (Fsp3) is 0.588. The average molecular weight is 306 g/mol. The fourth-order valence-electron chi connectivity index (χ4n) is 2.38. The van der Waals surface area contributed by atoms with E-state index in [4.69, 9.17) is 9.57 Å². The largest absolute Gasteiger partial charge is 0.460 e. The lowest BCUT2D eigenvalue weighted by Gasteiger charge is -2.28. The van der Waals surface area contributed by atoms with E-state index >= 15 is 0 Å². The summed E-state index contributed by atoms with van der Waals surface area (Å²) in [6, 6.07) is 9.79. The van der Waals surface area contributed by atoms with Gasteiger partial charge in [0.1, 0.15) is 12.6 Å². The van der Waals surface area contributed by atoms with Crippen LogP contribution in [0.1, 0.15) is 38.2 Å². The second kappa shape index (κ2) is 9.56. The zero-order valence-corrected chi connectivity index (χ0v) is 13.2. The van der Waals surface area contributed by atoms with E-state index in [1.54, 1.807) is 0 Å². The van der Waals surface area contributed by atoms with Gasteiger partial charge in [0, 0.05) is 12.6 Å². The van der Waals surface area contributed by atoms with Gasteiger partial charge in [0.05, 0.1) is 6.61 Å². The van der Waals surface area contributed by atoms with E-state index < -0.39 is 0 Å². The van der Waals surface area contributed by atoms with Gasteiger partial charge in [0.25, 0.3) is 0 Å². The van der Waals surface area contributed by atoms with Crippen LogP contribution in [-0.2, 0) is 21.0 Å². The third kappa shape index (κ3) is 5.75. The number of hydroxylamine groups is 1. The lowest BCUT2D eigenvalue weighted by molar-refractivity contribution is -0.148. The Bertz CT molecular complexity index is 431. The number of rotatable bonds is 8. The molecule has 5 heteroatoms. The van der Waals surface area contributed by atoms with Gasteiger partial charge < -0.3 is 14.9 Å². The van der Waals surface area contributed by atoms with Crippen LogP contribution in [0.2, 0.25) is 0 Å². The van der Waals surface area contributed by atoms with E-state index in [1.165, 1.54) is 0 Å². The van der Waals surface area contributed by atoms with Crippen molar-refractivity contribution < 1.29 is 14.4 Å². The predicted molar refractivity (Wildman–Crippen MR) is 85.0 cm³/mol. The van der Waals surface area contributed by atoms with Crippen LogP contribution in [0, 0.1) is 0 Å². The summed E-state index contributed by atoms with van der Waals surface area (Å²) in [4.78, 5) is 17.4. The first-order valence-corrected chi connectivity index (χ1v) is 8.11. The lowest BCUT2D eigenvalue weighted by Crippen LogP contribution is -2.51. The van der Waals surface area contributed by atoms with Crippen LogP contribution in [0.3, 0.4) is 0 Å². The quantitative estimate of drug-likeness (QED) is 0.438. The van der Waals surface area contributed by atoms with Gasteiger partial charge in [-0.3, -0.25) is 4.79 Å². The normalized spacial score (nSPS) is 21.5. The first kappa shape index (κ1) is 16.9. The van der Waals surface area contributed by atoms with Crippen LogP contribution in [0.4, 0.5) is 0 Å². The Kier molecular flexibility index (Phi) is 7.36. The molecule has 2 rings (SSSR count). The van der Waals surface area contributed by atoms with Crippen molar-refractivity contribution in [3.05, 3.63) is 35.9 Å². The number of piperidine rings is 1. The molecule has 1 fully saturated rings. The van der Waals surface area contributed by atoms with Gasteiger partial charge in [-0.15, -0.1) is 0 Å². The number of carbonyl (C=O) groups is 1. The molecule has 1 aliphatic rings. The Hall–Kier alpha value is -1.43. The van der Waals surface area contributed by atoms with Gasteiger partial charge in [-0.05, 0) is 24.8 Å². The number of ether oxygens (including phenoxy) is 1. The number of benzene rings is 1. The van der Waals surface area contributed by atoms with Crippen molar-refractivity contribution in [2.45, 2.75) is 51.3 Å². The molecule has 1 saturated heterocycles. The summed E-state index contributed by atoms with van der Waals surface area (Å²) < 4.78 is 5.36. The molecule has 1 aromatic rings. The number of carbonyl (C=O) groups excluding carboxylic acids is 1. The molecular weight excluding hydrogens is 280 g/mol. The third-order valence-corrected chi connectivity index (χ3v) is 3.77. The lowest BCUT2D eigenvalue weighted by atomic mass is 10.0. The summed E-state index contributed by atoms with van der Waals surface area (Å²) >= 11 is 0. The Morgan fingerprint density at radius 2 is 2.14 bits per heavy atom. The third-order valence-electron chi connectivity index (χ3n) is 3.77.